The molecule has 0 aromatic heterocycles. The summed E-state index contributed by atoms with van der Waals surface area (Å²) in [6.45, 7) is 4.51. The van der Waals surface area contributed by atoms with Gasteiger partial charge in [-0.15, -0.1) is 6.42 Å². The number of rotatable bonds is 4. The van der Waals surface area contributed by atoms with Gasteiger partial charge in [0, 0.05) is 6.54 Å². The Morgan fingerprint density at radius 2 is 2.00 bits per heavy atom. The Morgan fingerprint density at radius 3 is 2.47 bits per heavy atom. The van der Waals surface area contributed by atoms with Crippen LogP contribution in [-0.2, 0) is 11.3 Å². The van der Waals surface area contributed by atoms with Crippen LogP contribution >= 0.6 is 15.9 Å². The number of amides is 1. The average Bonchev–Trinajstić information content (AvgIpc) is 2.28. The first kappa shape index (κ1) is 13.8. The van der Waals surface area contributed by atoms with Crippen LogP contribution in [0, 0.1) is 12.3 Å². The molecule has 3 heteroatoms. The van der Waals surface area contributed by atoms with E-state index in [4.69, 9.17) is 6.42 Å². The summed E-state index contributed by atoms with van der Waals surface area (Å²) in [5.41, 5.74) is 1.08. The molecule has 0 aliphatic rings. The third kappa shape index (κ3) is 4.24. The van der Waals surface area contributed by atoms with Crippen LogP contribution in [0.5, 0.6) is 0 Å². The van der Waals surface area contributed by atoms with Crippen LogP contribution in [0.1, 0.15) is 19.4 Å². The Labute approximate surface area is 111 Å². The van der Waals surface area contributed by atoms with Crippen LogP contribution in [0.3, 0.4) is 0 Å². The largest absolute Gasteiger partial charge is 0.326 e. The lowest BCUT2D eigenvalue weighted by Crippen LogP contribution is -2.41. The van der Waals surface area contributed by atoms with Gasteiger partial charge in [-0.1, -0.05) is 52.2 Å². The van der Waals surface area contributed by atoms with E-state index >= 15 is 0 Å². The van der Waals surface area contributed by atoms with Crippen molar-refractivity contribution in [3.05, 3.63) is 35.9 Å². The molecule has 0 bridgehead atoms. The average molecular weight is 294 g/mol. The van der Waals surface area contributed by atoms with E-state index in [0.29, 0.717) is 13.1 Å². The fourth-order valence-corrected chi connectivity index (χ4v) is 1.74. The molecule has 0 aliphatic heterocycles. The Morgan fingerprint density at radius 1 is 1.41 bits per heavy atom. The first-order valence-corrected chi connectivity index (χ1v) is 6.20. The van der Waals surface area contributed by atoms with Crippen molar-refractivity contribution < 1.29 is 4.79 Å². The maximum absolute atomic E-state index is 12.1. The molecule has 1 aromatic carbocycles. The quantitative estimate of drug-likeness (QED) is 0.617. The van der Waals surface area contributed by atoms with Gasteiger partial charge in [0.05, 0.1) is 10.9 Å². The van der Waals surface area contributed by atoms with E-state index in [9.17, 15) is 4.79 Å². The Balaban J connectivity index is 2.81. The highest BCUT2D eigenvalue weighted by Gasteiger charge is 2.28. The molecular formula is C14H16BrNO. The molecule has 0 aliphatic carbocycles. The molecular weight excluding hydrogens is 278 g/mol. The van der Waals surface area contributed by atoms with Crippen LogP contribution in [0.25, 0.3) is 0 Å². The number of carbonyl (C=O) groups is 1. The highest BCUT2D eigenvalue weighted by Crippen LogP contribution is 2.20. The molecule has 0 heterocycles. The summed E-state index contributed by atoms with van der Waals surface area (Å²) in [6.07, 6.45) is 5.30. The van der Waals surface area contributed by atoms with E-state index in [0.717, 1.165) is 5.56 Å². The van der Waals surface area contributed by atoms with Gasteiger partial charge in [0.2, 0.25) is 5.91 Å². The summed E-state index contributed by atoms with van der Waals surface area (Å²) in [7, 11) is 0. The summed E-state index contributed by atoms with van der Waals surface area (Å²) in [6, 6.07) is 9.82. The van der Waals surface area contributed by atoms with Gasteiger partial charge in [-0.2, -0.15) is 0 Å². The molecule has 0 saturated carbocycles. The van der Waals surface area contributed by atoms with Gasteiger partial charge >= 0.3 is 0 Å². The van der Waals surface area contributed by atoms with Gasteiger partial charge in [0.1, 0.15) is 0 Å². The monoisotopic (exact) mass is 293 g/mol. The smallest absolute Gasteiger partial charge is 0.239 e. The fourth-order valence-electron chi connectivity index (χ4n) is 1.49. The molecule has 0 saturated heterocycles. The summed E-state index contributed by atoms with van der Waals surface area (Å²) in [5, 5.41) is 0. The van der Waals surface area contributed by atoms with Crippen molar-refractivity contribution in [3.63, 3.8) is 0 Å². The molecule has 1 amide bonds. The Bertz CT molecular complexity index is 414. The first-order chi connectivity index (χ1) is 7.95. The zero-order chi connectivity index (χ0) is 12.9. The van der Waals surface area contributed by atoms with Gasteiger partial charge in [0.15, 0.2) is 0 Å². The van der Waals surface area contributed by atoms with Crippen molar-refractivity contribution in [1.29, 1.82) is 0 Å². The lowest BCUT2D eigenvalue weighted by Gasteiger charge is -2.26. The van der Waals surface area contributed by atoms with Crippen LogP contribution in [0.4, 0.5) is 0 Å². The van der Waals surface area contributed by atoms with E-state index in [1.807, 2.05) is 44.2 Å². The summed E-state index contributed by atoms with van der Waals surface area (Å²) < 4.78 is -0.585. The molecule has 0 unspecified atom stereocenters. The zero-order valence-corrected chi connectivity index (χ0v) is 11.7. The molecule has 0 N–H and O–H groups in total. The van der Waals surface area contributed by atoms with Crippen molar-refractivity contribution in [2.45, 2.75) is 24.7 Å². The zero-order valence-electron chi connectivity index (χ0n) is 10.1. The fraction of sp³-hybridized carbons (Fsp3) is 0.357. The number of hydrogen-bond donors (Lipinski definition) is 0. The van der Waals surface area contributed by atoms with Crippen LogP contribution in [-0.4, -0.2) is 21.7 Å². The molecule has 0 fully saturated rings. The second-order valence-electron chi connectivity index (χ2n) is 4.32. The number of halogens is 1. The number of alkyl halides is 1. The maximum atomic E-state index is 12.1. The van der Waals surface area contributed by atoms with Crippen molar-refractivity contribution in [3.8, 4) is 12.3 Å². The van der Waals surface area contributed by atoms with Gasteiger partial charge in [0.25, 0.3) is 0 Å². The SMILES string of the molecule is C#CCN(Cc1ccccc1)C(=O)C(C)(C)Br. The number of carbonyl (C=O) groups excluding carboxylic acids is 1. The molecule has 90 valence electrons. The number of hydrogen-bond acceptors (Lipinski definition) is 1. The Kier molecular flexibility index (Phi) is 4.77. The lowest BCUT2D eigenvalue weighted by molar-refractivity contribution is -0.132. The van der Waals surface area contributed by atoms with Crippen molar-refractivity contribution >= 4 is 21.8 Å². The predicted octanol–water partition coefficient (Wildman–Crippen LogP) is 2.82. The molecule has 2 nitrogen and oxygen atoms in total. The molecule has 0 spiro atoms. The molecule has 17 heavy (non-hydrogen) atoms. The van der Waals surface area contributed by atoms with Gasteiger partial charge in [-0.3, -0.25) is 4.79 Å². The van der Waals surface area contributed by atoms with Crippen molar-refractivity contribution in [2.75, 3.05) is 6.54 Å². The van der Waals surface area contributed by atoms with E-state index < -0.39 is 4.32 Å². The second kappa shape index (κ2) is 5.88. The van der Waals surface area contributed by atoms with Crippen LogP contribution in [0.15, 0.2) is 30.3 Å². The van der Waals surface area contributed by atoms with Gasteiger partial charge in [-0.05, 0) is 19.4 Å². The number of benzene rings is 1. The highest BCUT2D eigenvalue weighted by molar-refractivity contribution is 9.10. The molecule has 0 radical (unpaired) electrons. The minimum atomic E-state index is -0.585. The van der Waals surface area contributed by atoms with Crippen molar-refractivity contribution in [2.24, 2.45) is 0 Å². The van der Waals surface area contributed by atoms with Gasteiger partial charge in [-0.25, -0.2) is 0 Å². The predicted molar refractivity (Wildman–Crippen MR) is 73.7 cm³/mol. The Hall–Kier alpha value is -1.27. The summed E-state index contributed by atoms with van der Waals surface area (Å²) in [5.74, 6) is 2.52. The maximum Gasteiger partial charge on any atom is 0.239 e. The normalized spacial score (nSPS) is 10.7. The highest BCUT2D eigenvalue weighted by atomic mass is 79.9. The summed E-state index contributed by atoms with van der Waals surface area (Å²) >= 11 is 3.37. The second-order valence-corrected chi connectivity index (χ2v) is 6.31. The first-order valence-electron chi connectivity index (χ1n) is 5.41. The third-order valence-corrected chi connectivity index (χ3v) is 2.63. The standard InChI is InChI=1S/C14H16BrNO/c1-4-10-16(13(17)14(2,3)15)11-12-8-6-5-7-9-12/h1,5-9H,10-11H2,2-3H3. The van der Waals surface area contributed by atoms with E-state index in [1.165, 1.54) is 0 Å². The third-order valence-electron chi connectivity index (χ3n) is 2.29. The minimum Gasteiger partial charge on any atom is -0.326 e. The summed E-state index contributed by atoms with van der Waals surface area (Å²) in [4.78, 5) is 13.8. The number of nitrogens with zero attached hydrogens (tertiary/aromatic N) is 1. The topological polar surface area (TPSA) is 20.3 Å². The molecule has 1 aromatic rings. The van der Waals surface area contributed by atoms with Crippen LogP contribution in [0.2, 0.25) is 0 Å². The van der Waals surface area contributed by atoms with Gasteiger partial charge < -0.3 is 4.90 Å². The lowest BCUT2D eigenvalue weighted by atomic mass is 10.1. The molecule has 0 atom stereocenters. The van der Waals surface area contributed by atoms with E-state index in [2.05, 4.69) is 21.9 Å². The van der Waals surface area contributed by atoms with Crippen molar-refractivity contribution in [1.82, 2.24) is 4.90 Å². The molecule has 1 rings (SSSR count). The van der Waals surface area contributed by atoms with Crippen LogP contribution < -0.4 is 0 Å². The number of terminal acetylenes is 1. The van der Waals surface area contributed by atoms with E-state index in [1.54, 1.807) is 4.90 Å². The minimum absolute atomic E-state index is 0.000645. The van der Waals surface area contributed by atoms with E-state index in [-0.39, 0.29) is 5.91 Å².